The lowest BCUT2D eigenvalue weighted by atomic mass is 10.0. The Balaban J connectivity index is 2.18. The van der Waals surface area contributed by atoms with E-state index in [1.807, 2.05) is 0 Å². The third kappa shape index (κ3) is 3.28. The fourth-order valence-electron chi connectivity index (χ4n) is 2.43. The molecule has 0 radical (unpaired) electrons. The number of carboxylic acid groups (broad SMARTS) is 1. The lowest BCUT2D eigenvalue weighted by molar-refractivity contribution is -0.386. The van der Waals surface area contributed by atoms with Gasteiger partial charge < -0.3 is 20.3 Å². The average Bonchev–Trinajstić information content (AvgIpc) is 2.70. The summed E-state index contributed by atoms with van der Waals surface area (Å²) in [4.78, 5) is 21.1. The summed E-state index contributed by atoms with van der Waals surface area (Å²) in [5.74, 6) is 0. The summed E-state index contributed by atoms with van der Waals surface area (Å²) < 4.78 is 6.86. The lowest BCUT2D eigenvalue weighted by Crippen LogP contribution is -2.43. The van der Waals surface area contributed by atoms with Crippen LogP contribution in [-0.4, -0.2) is 49.8 Å². The van der Waals surface area contributed by atoms with Gasteiger partial charge in [-0.2, -0.15) is 5.10 Å². The number of aliphatic hydroxyl groups excluding tert-OH is 1. The lowest BCUT2D eigenvalue weighted by Gasteiger charge is -2.18. The molecule has 0 unspecified atom stereocenters. The Kier molecular flexibility index (Phi) is 4.38. The molecule has 1 amide bonds. The summed E-state index contributed by atoms with van der Waals surface area (Å²) in [5.41, 5.74) is 0.157. The van der Waals surface area contributed by atoms with E-state index < -0.39 is 29.3 Å². The molecular weight excluding hydrogens is 284 g/mol. The number of nitrogens with zero attached hydrogens (tertiary/aromatic N) is 3. The molecule has 3 N–H and O–H groups in total. The van der Waals surface area contributed by atoms with E-state index in [0.717, 1.165) is 6.20 Å². The highest BCUT2D eigenvalue weighted by molar-refractivity contribution is 5.64. The second kappa shape index (κ2) is 6.06. The van der Waals surface area contributed by atoms with Gasteiger partial charge in [0, 0.05) is 7.05 Å². The van der Waals surface area contributed by atoms with Gasteiger partial charge in [0.25, 0.3) is 0 Å². The molecule has 1 aliphatic rings. The molecule has 0 saturated carbocycles. The van der Waals surface area contributed by atoms with Crippen LogP contribution in [0.25, 0.3) is 0 Å². The summed E-state index contributed by atoms with van der Waals surface area (Å²) in [6, 6.07) is -0.667. The predicted octanol–water partition coefficient (Wildman–Crippen LogP) is 0.177. The van der Waals surface area contributed by atoms with Crippen molar-refractivity contribution in [3.05, 3.63) is 22.0 Å². The third-order valence-electron chi connectivity index (χ3n) is 3.45. The highest BCUT2D eigenvalue weighted by atomic mass is 16.6. The summed E-state index contributed by atoms with van der Waals surface area (Å²) in [6.45, 7) is -0.113. The van der Waals surface area contributed by atoms with E-state index in [2.05, 4.69) is 10.4 Å². The maximum absolute atomic E-state index is 11.0. The first-order chi connectivity index (χ1) is 9.90. The molecule has 21 heavy (non-hydrogen) atoms. The summed E-state index contributed by atoms with van der Waals surface area (Å²) in [6.07, 6.45) is -1.06. The van der Waals surface area contributed by atoms with E-state index >= 15 is 0 Å². The standard InChI is InChI=1S/C11H16N4O6/c1-14-10(7(4-12-14)15(19)20)9-3-2-6(13-11(17)18)8(16)5-21-9/h4,6,8-9,13,16H,2-3,5H2,1H3,(H,17,18)/t6-,8-,9+/m1/s1. The van der Waals surface area contributed by atoms with Crippen molar-refractivity contribution >= 4 is 11.8 Å². The molecule has 1 aromatic heterocycles. The minimum Gasteiger partial charge on any atom is -0.465 e. The van der Waals surface area contributed by atoms with E-state index in [1.54, 1.807) is 7.05 Å². The zero-order valence-corrected chi connectivity index (χ0v) is 11.3. The Hall–Kier alpha value is -2.20. The third-order valence-corrected chi connectivity index (χ3v) is 3.45. The van der Waals surface area contributed by atoms with Crippen LogP contribution in [0.2, 0.25) is 0 Å². The minimum absolute atomic E-state index is 0.113. The van der Waals surface area contributed by atoms with Gasteiger partial charge >= 0.3 is 11.8 Å². The van der Waals surface area contributed by atoms with Crippen molar-refractivity contribution in [2.45, 2.75) is 31.1 Å². The molecule has 2 rings (SSSR count). The number of hydrogen-bond acceptors (Lipinski definition) is 6. The number of amides is 1. The maximum Gasteiger partial charge on any atom is 0.404 e. The van der Waals surface area contributed by atoms with E-state index in [1.165, 1.54) is 4.68 Å². The van der Waals surface area contributed by atoms with Gasteiger partial charge in [-0.25, -0.2) is 4.79 Å². The van der Waals surface area contributed by atoms with Crippen molar-refractivity contribution < 1.29 is 24.7 Å². The number of ether oxygens (including phenoxy) is 1. The van der Waals surface area contributed by atoms with Crippen molar-refractivity contribution in [3.8, 4) is 0 Å². The second-order valence-electron chi connectivity index (χ2n) is 4.82. The largest absolute Gasteiger partial charge is 0.465 e. The van der Waals surface area contributed by atoms with E-state index in [9.17, 15) is 20.0 Å². The molecule has 0 spiro atoms. The molecule has 0 aromatic carbocycles. The number of aromatic nitrogens is 2. The molecule has 3 atom stereocenters. The van der Waals surface area contributed by atoms with Gasteiger partial charge in [0.15, 0.2) is 0 Å². The van der Waals surface area contributed by atoms with E-state index in [4.69, 9.17) is 9.84 Å². The van der Waals surface area contributed by atoms with Crippen LogP contribution in [0.15, 0.2) is 6.20 Å². The maximum atomic E-state index is 11.0. The molecule has 10 nitrogen and oxygen atoms in total. The predicted molar refractivity (Wildman–Crippen MR) is 68.7 cm³/mol. The molecule has 1 aliphatic heterocycles. The van der Waals surface area contributed by atoms with Gasteiger partial charge in [-0.15, -0.1) is 0 Å². The minimum atomic E-state index is -1.23. The topological polar surface area (TPSA) is 140 Å². The smallest absolute Gasteiger partial charge is 0.404 e. The number of carbonyl (C=O) groups is 1. The fourth-order valence-corrected chi connectivity index (χ4v) is 2.43. The second-order valence-corrected chi connectivity index (χ2v) is 4.82. The summed E-state index contributed by atoms with van der Waals surface area (Å²) >= 11 is 0. The molecule has 2 heterocycles. The zero-order chi connectivity index (χ0) is 15.6. The van der Waals surface area contributed by atoms with Gasteiger partial charge in [-0.05, 0) is 12.8 Å². The fraction of sp³-hybridized carbons (Fsp3) is 0.636. The zero-order valence-electron chi connectivity index (χ0n) is 11.3. The molecule has 0 aliphatic carbocycles. The summed E-state index contributed by atoms with van der Waals surface area (Å²) in [7, 11) is 1.57. The van der Waals surface area contributed by atoms with Crippen LogP contribution in [-0.2, 0) is 11.8 Å². The van der Waals surface area contributed by atoms with E-state index in [0.29, 0.717) is 18.5 Å². The van der Waals surface area contributed by atoms with Crippen LogP contribution in [0.4, 0.5) is 10.5 Å². The van der Waals surface area contributed by atoms with Crippen molar-refractivity contribution in [2.75, 3.05) is 6.61 Å². The first-order valence-corrected chi connectivity index (χ1v) is 6.35. The highest BCUT2D eigenvalue weighted by Crippen LogP contribution is 2.32. The van der Waals surface area contributed by atoms with Crippen LogP contribution in [0.5, 0.6) is 0 Å². The number of hydrogen-bond donors (Lipinski definition) is 3. The van der Waals surface area contributed by atoms with Crippen molar-refractivity contribution in [2.24, 2.45) is 7.05 Å². The monoisotopic (exact) mass is 300 g/mol. The number of nitrogens with one attached hydrogen (secondary N) is 1. The first-order valence-electron chi connectivity index (χ1n) is 6.35. The van der Waals surface area contributed by atoms with Gasteiger partial charge in [0.05, 0.1) is 23.7 Å². The van der Waals surface area contributed by atoms with Crippen LogP contribution < -0.4 is 5.32 Å². The molecule has 1 fully saturated rings. The van der Waals surface area contributed by atoms with Crippen molar-refractivity contribution in [3.63, 3.8) is 0 Å². The average molecular weight is 300 g/mol. The van der Waals surface area contributed by atoms with Crippen LogP contribution in [0.1, 0.15) is 24.6 Å². The van der Waals surface area contributed by atoms with Gasteiger partial charge in [-0.1, -0.05) is 0 Å². The first kappa shape index (κ1) is 15.2. The number of aliphatic hydroxyl groups is 1. The van der Waals surface area contributed by atoms with Crippen molar-refractivity contribution in [1.82, 2.24) is 15.1 Å². The quantitative estimate of drug-likeness (QED) is 0.534. The molecule has 1 aromatic rings. The Bertz CT molecular complexity index is 545. The Labute approximate surface area is 119 Å². The highest BCUT2D eigenvalue weighted by Gasteiger charge is 2.33. The van der Waals surface area contributed by atoms with Gasteiger partial charge in [0.2, 0.25) is 0 Å². The summed E-state index contributed by atoms with van der Waals surface area (Å²) in [5, 5.41) is 35.6. The van der Waals surface area contributed by atoms with E-state index in [-0.39, 0.29) is 12.3 Å². The van der Waals surface area contributed by atoms with Gasteiger partial charge in [0.1, 0.15) is 18.0 Å². The SMILES string of the molecule is Cn1ncc([N+](=O)[O-])c1[C@@H]1CC[C@@H](NC(=O)O)[C@H](O)CO1. The molecule has 1 saturated heterocycles. The van der Waals surface area contributed by atoms with Gasteiger partial charge in [-0.3, -0.25) is 14.8 Å². The normalized spacial score (nSPS) is 26.1. The number of aryl methyl sites for hydroxylation is 1. The Morgan fingerprint density at radius 2 is 2.33 bits per heavy atom. The Morgan fingerprint density at radius 1 is 1.62 bits per heavy atom. The van der Waals surface area contributed by atoms with Crippen LogP contribution in [0, 0.1) is 10.1 Å². The Morgan fingerprint density at radius 3 is 2.95 bits per heavy atom. The van der Waals surface area contributed by atoms with Crippen LogP contribution in [0.3, 0.4) is 0 Å². The molecule has 10 heteroatoms. The number of nitro groups is 1. The number of rotatable bonds is 3. The molecular formula is C11H16N4O6. The molecule has 0 bridgehead atoms. The molecule has 116 valence electrons. The van der Waals surface area contributed by atoms with Crippen LogP contribution >= 0.6 is 0 Å². The van der Waals surface area contributed by atoms with Crippen molar-refractivity contribution in [1.29, 1.82) is 0 Å².